The number of fused-ring (bicyclic) bond motifs is 1. The number of carboxylic acids is 1. The lowest BCUT2D eigenvalue weighted by Gasteiger charge is -2.24. The van der Waals surface area contributed by atoms with Crippen molar-refractivity contribution in [2.75, 3.05) is 0 Å². The number of aromatic nitrogens is 1. The Morgan fingerprint density at radius 1 is 1.19 bits per heavy atom. The van der Waals surface area contributed by atoms with E-state index < -0.39 is 35.9 Å². The minimum Gasteiger partial charge on any atom is -0.481 e. The first-order valence-electron chi connectivity index (χ1n) is 10.4. The molecule has 1 saturated heterocycles. The van der Waals surface area contributed by atoms with Gasteiger partial charge in [0.05, 0.1) is 0 Å². The molecular formula is C22H28N4O5. The van der Waals surface area contributed by atoms with Crippen molar-refractivity contribution in [2.45, 2.75) is 51.7 Å². The van der Waals surface area contributed by atoms with Crippen LogP contribution in [0.5, 0.6) is 0 Å². The van der Waals surface area contributed by atoms with E-state index in [4.69, 9.17) is 0 Å². The molecule has 3 atom stereocenters. The van der Waals surface area contributed by atoms with Crippen LogP contribution in [-0.4, -0.2) is 46.0 Å². The maximum absolute atomic E-state index is 12.9. The number of amides is 3. The average Bonchev–Trinajstić information content (AvgIpc) is 3.30. The first-order chi connectivity index (χ1) is 14.7. The molecule has 1 aromatic heterocycles. The lowest BCUT2D eigenvalue weighted by molar-refractivity contribution is -0.148. The van der Waals surface area contributed by atoms with Gasteiger partial charge in [0.15, 0.2) is 0 Å². The predicted molar refractivity (Wildman–Crippen MR) is 114 cm³/mol. The van der Waals surface area contributed by atoms with Crippen LogP contribution in [0.1, 0.15) is 38.7 Å². The summed E-state index contributed by atoms with van der Waals surface area (Å²) in [5.74, 6) is -3.80. The molecule has 1 aliphatic heterocycles. The highest BCUT2D eigenvalue weighted by atomic mass is 16.4. The second-order valence-electron chi connectivity index (χ2n) is 8.31. The molecule has 9 heteroatoms. The van der Waals surface area contributed by atoms with Crippen LogP contribution in [0, 0.1) is 11.8 Å². The van der Waals surface area contributed by atoms with Gasteiger partial charge in [-0.05, 0) is 36.8 Å². The molecule has 1 aromatic carbocycles. The second-order valence-corrected chi connectivity index (χ2v) is 8.31. The smallest absolute Gasteiger partial charge is 0.316 e. The molecule has 31 heavy (non-hydrogen) atoms. The molecule has 1 aliphatic rings. The number of aliphatic carboxylic acids is 1. The Balaban J connectivity index is 1.71. The zero-order valence-corrected chi connectivity index (χ0v) is 17.6. The highest BCUT2D eigenvalue weighted by Crippen LogP contribution is 2.21. The predicted octanol–water partition coefficient (Wildman–Crippen LogP) is 1.29. The second kappa shape index (κ2) is 9.63. The highest BCUT2D eigenvalue weighted by molar-refractivity contribution is 6.00. The zero-order valence-electron chi connectivity index (χ0n) is 17.6. The highest BCUT2D eigenvalue weighted by Gasteiger charge is 2.33. The standard InChI is InChI=1S/C22H28N4O5/c1-12(2)9-17(21(29)26-18-7-8-19(27)25-18)24-20(28)15(22(30)31)10-13-11-23-16-6-4-3-5-14(13)16/h3-6,11-12,15,17-18,23H,7-10H2,1-2H3,(H,24,28)(H,25,27)(H,26,29)(H,30,31)/t15-,17-,18+/m1/s1. The third kappa shape index (κ3) is 5.62. The number of carboxylic acid groups (broad SMARTS) is 1. The lowest BCUT2D eigenvalue weighted by Crippen LogP contribution is -2.54. The first-order valence-corrected chi connectivity index (χ1v) is 10.4. The third-order valence-corrected chi connectivity index (χ3v) is 5.37. The molecular weight excluding hydrogens is 400 g/mol. The minimum atomic E-state index is -1.34. The van der Waals surface area contributed by atoms with Crippen LogP contribution in [0.3, 0.4) is 0 Å². The Morgan fingerprint density at radius 2 is 1.94 bits per heavy atom. The number of rotatable bonds is 9. The van der Waals surface area contributed by atoms with E-state index in [1.54, 1.807) is 6.20 Å². The molecule has 166 valence electrons. The Bertz CT molecular complexity index is 983. The SMILES string of the molecule is CC(C)C[C@@H](NC(=O)[C@@H](Cc1c[nH]c2ccccc12)C(=O)O)C(=O)N[C@H]1CCC(=O)N1. The van der Waals surface area contributed by atoms with Crippen LogP contribution in [0.15, 0.2) is 30.5 Å². The molecule has 0 spiro atoms. The number of nitrogens with one attached hydrogen (secondary N) is 4. The fourth-order valence-corrected chi connectivity index (χ4v) is 3.78. The van der Waals surface area contributed by atoms with Gasteiger partial charge in [-0.25, -0.2) is 0 Å². The van der Waals surface area contributed by atoms with Crippen molar-refractivity contribution < 1.29 is 24.3 Å². The number of carbonyl (C=O) groups is 4. The average molecular weight is 428 g/mol. The normalized spacial score (nSPS) is 17.9. The largest absolute Gasteiger partial charge is 0.481 e. The number of aromatic amines is 1. The molecule has 2 aromatic rings. The molecule has 0 unspecified atom stereocenters. The number of H-pyrrole nitrogens is 1. The van der Waals surface area contributed by atoms with E-state index in [1.165, 1.54) is 0 Å². The summed E-state index contributed by atoms with van der Waals surface area (Å²) in [7, 11) is 0. The molecule has 0 aliphatic carbocycles. The number of hydrogen-bond donors (Lipinski definition) is 5. The van der Waals surface area contributed by atoms with Crippen LogP contribution < -0.4 is 16.0 Å². The summed E-state index contributed by atoms with van der Waals surface area (Å²) in [6, 6.07) is 6.56. The molecule has 5 N–H and O–H groups in total. The fourth-order valence-electron chi connectivity index (χ4n) is 3.78. The summed E-state index contributed by atoms with van der Waals surface area (Å²) in [6.45, 7) is 3.81. The van der Waals surface area contributed by atoms with E-state index in [0.717, 1.165) is 16.5 Å². The van der Waals surface area contributed by atoms with E-state index in [2.05, 4.69) is 20.9 Å². The van der Waals surface area contributed by atoms with Gasteiger partial charge in [-0.2, -0.15) is 0 Å². The summed E-state index contributed by atoms with van der Waals surface area (Å²) < 4.78 is 0. The summed E-state index contributed by atoms with van der Waals surface area (Å²) in [4.78, 5) is 51.9. The number of carbonyl (C=O) groups excluding carboxylic acids is 3. The quantitative estimate of drug-likeness (QED) is 0.383. The maximum atomic E-state index is 12.9. The maximum Gasteiger partial charge on any atom is 0.316 e. The summed E-state index contributed by atoms with van der Waals surface area (Å²) in [5.41, 5.74) is 1.58. The van der Waals surface area contributed by atoms with Crippen LogP contribution in [0.25, 0.3) is 10.9 Å². The van der Waals surface area contributed by atoms with Crippen LogP contribution in [-0.2, 0) is 25.6 Å². The van der Waals surface area contributed by atoms with Gasteiger partial charge in [-0.15, -0.1) is 0 Å². The fraction of sp³-hybridized carbons (Fsp3) is 0.455. The molecule has 1 fully saturated rings. The Kier molecular flexibility index (Phi) is 6.94. The topological polar surface area (TPSA) is 140 Å². The summed E-state index contributed by atoms with van der Waals surface area (Å²) >= 11 is 0. The Hall–Kier alpha value is -3.36. The van der Waals surface area contributed by atoms with Crippen molar-refractivity contribution in [1.29, 1.82) is 0 Å². The van der Waals surface area contributed by atoms with E-state index in [0.29, 0.717) is 19.3 Å². The van der Waals surface area contributed by atoms with E-state index >= 15 is 0 Å². The number of para-hydroxylation sites is 1. The van der Waals surface area contributed by atoms with E-state index in [9.17, 15) is 24.3 Å². The van der Waals surface area contributed by atoms with Gasteiger partial charge in [-0.3, -0.25) is 19.2 Å². The molecule has 3 rings (SSSR count). The van der Waals surface area contributed by atoms with Gasteiger partial charge < -0.3 is 26.0 Å². The van der Waals surface area contributed by atoms with Crippen molar-refractivity contribution in [3.63, 3.8) is 0 Å². The van der Waals surface area contributed by atoms with Crippen molar-refractivity contribution >= 4 is 34.6 Å². The van der Waals surface area contributed by atoms with Crippen molar-refractivity contribution in [2.24, 2.45) is 11.8 Å². The molecule has 0 saturated carbocycles. The van der Waals surface area contributed by atoms with Crippen molar-refractivity contribution in [1.82, 2.24) is 20.9 Å². The van der Waals surface area contributed by atoms with Gasteiger partial charge >= 0.3 is 5.97 Å². The van der Waals surface area contributed by atoms with Gasteiger partial charge in [0.25, 0.3) is 0 Å². The van der Waals surface area contributed by atoms with Crippen molar-refractivity contribution in [3.8, 4) is 0 Å². The van der Waals surface area contributed by atoms with Crippen LogP contribution in [0.2, 0.25) is 0 Å². The van der Waals surface area contributed by atoms with E-state index in [-0.39, 0.29) is 18.2 Å². The number of hydrogen-bond acceptors (Lipinski definition) is 4. The molecule has 0 radical (unpaired) electrons. The summed E-state index contributed by atoms with van der Waals surface area (Å²) in [6.07, 6.45) is 2.38. The van der Waals surface area contributed by atoms with Crippen molar-refractivity contribution in [3.05, 3.63) is 36.0 Å². The van der Waals surface area contributed by atoms with Gasteiger partial charge in [-0.1, -0.05) is 32.0 Å². The third-order valence-electron chi connectivity index (χ3n) is 5.37. The zero-order chi connectivity index (χ0) is 22.5. The Morgan fingerprint density at radius 3 is 2.58 bits per heavy atom. The monoisotopic (exact) mass is 428 g/mol. The number of benzene rings is 1. The van der Waals surface area contributed by atoms with Crippen LogP contribution in [0.4, 0.5) is 0 Å². The first kappa shape index (κ1) is 22.3. The molecule has 2 heterocycles. The minimum absolute atomic E-state index is 0.000119. The summed E-state index contributed by atoms with van der Waals surface area (Å²) in [5, 5.41) is 18.5. The molecule has 9 nitrogen and oxygen atoms in total. The Labute approximate surface area is 180 Å². The lowest BCUT2D eigenvalue weighted by atomic mass is 9.96. The van der Waals surface area contributed by atoms with E-state index in [1.807, 2.05) is 38.1 Å². The van der Waals surface area contributed by atoms with Crippen LogP contribution >= 0.6 is 0 Å². The molecule has 3 amide bonds. The van der Waals surface area contributed by atoms with Gasteiger partial charge in [0.2, 0.25) is 17.7 Å². The van der Waals surface area contributed by atoms with Gasteiger partial charge in [0, 0.05) is 23.5 Å². The van der Waals surface area contributed by atoms with Gasteiger partial charge in [0.1, 0.15) is 18.1 Å². The molecule has 0 bridgehead atoms.